The maximum absolute atomic E-state index is 12.4. The Balaban J connectivity index is 1.57. The van der Waals surface area contributed by atoms with Crippen LogP contribution in [0.2, 0.25) is 0 Å². The van der Waals surface area contributed by atoms with Crippen LogP contribution in [-0.2, 0) is 4.79 Å². The molecule has 2 unspecified atom stereocenters. The molecule has 1 aliphatic heterocycles. The minimum atomic E-state index is 0.132. The zero-order chi connectivity index (χ0) is 16.4. The predicted molar refractivity (Wildman–Crippen MR) is 87.0 cm³/mol. The Hall–Kier alpha value is -1.76. The Labute approximate surface area is 139 Å². The molecule has 2 atom stereocenters. The first-order valence-electron chi connectivity index (χ1n) is 7.81. The topological polar surface area (TPSA) is 72.4 Å². The summed E-state index contributed by atoms with van der Waals surface area (Å²) in [5, 5.41) is 8.42. The molecule has 1 amide bonds. The molecule has 3 rings (SSSR count). The number of amides is 1. The van der Waals surface area contributed by atoms with E-state index in [0.717, 1.165) is 24.4 Å². The Morgan fingerprint density at radius 3 is 2.74 bits per heavy atom. The zero-order valence-corrected chi connectivity index (χ0v) is 14.4. The molecule has 7 heteroatoms. The van der Waals surface area contributed by atoms with Gasteiger partial charge in [-0.15, -0.1) is 10.2 Å². The molecular formula is C16H21N3O3S. The molecular weight excluding hydrogens is 314 g/mol. The molecule has 0 saturated carbocycles. The third kappa shape index (κ3) is 3.77. The van der Waals surface area contributed by atoms with Gasteiger partial charge in [0.25, 0.3) is 11.1 Å². The first-order chi connectivity index (χ1) is 11.0. The van der Waals surface area contributed by atoms with E-state index in [1.807, 2.05) is 11.8 Å². The van der Waals surface area contributed by atoms with Crippen molar-refractivity contribution in [2.45, 2.75) is 32.4 Å². The van der Waals surface area contributed by atoms with Crippen LogP contribution in [0.5, 0.6) is 0 Å². The molecule has 0 bridgehead atoms. The standard InChI is InChI=1S/C16H21N3O3S/c1-10-6-11(2)8-19(7-10)14(20)9-23-16-18-17-15(22-16)13-4-5-21-12(13)3/h4-5,10-11H,6-9H2,1-3H3. The first kappa shape index (κ1) is 16.1. The number of hydrogen-bond donors (Lipinski definition) is 0. The molecule has 23 heavy (non-hydrogen) atoms. The van der Waals surface area contributed by atoms with Crippen LogP contribution in [-0.4, -0.2) is 39.8 Å². The smallest absolute Gasteiger partial charge is 0.277 e. The minimum absolute atomic E-state index is 0.132. The Kier molecular flexibility index (Phi) is 4.75. The molecule has 1 fully saturated rings. The molecule has 1 saturated heterocycles. The van der Waals surface area contributed by atoms with Crippen molar-refractivity contribution >= 4 is 17.7 Å². The van der Waals surface area contributed by atoms with Crippen molar-refractivity contribution in [3.63, 3.8) is 0 Å². The maximum atomic E-state index is 12.4. The number of aromatic nitrogens is 2. The number of nitrogens with zero attached hydrogens (tertiary/aromatic N) is 3. The molecule has 0 radical (unpaired) electrons. The summed E-state index contributed by atoms with van der Waals surface area (Å²) in [5.41, 5.74) is 0.786. The number of hydrogen-bond acceptors (Lipinski definition) is 6. The SMILES string of the molecule is Cc1occc1-c1nnc(SCC(=O)N2CC(C)CC(C)C2)o1. The lowest BCUT2D eigenvalue weighted by molar-refractivity contribution is -0.130. The molecule has 0 aromatic carbocycles. The molecule has 0 N–H and O–H groups in total. The Morgan fingerprint density at radius 2 is 2.09 bits per heavy atom. The van der Waals surface area contributed by atoms with Gasteiger partial charge in [-0.25, -0.2) is 0 Å². The van der Waals surface area contributed by atoms with Gasteiger partial charge in [0.2, 0.25) is 5.91 Å². The van der Waals surface area contributed by atoms with Gasteiger partial charge in [-0.1, -0.05) is 25.6 Å². The van der Waals surface area contributed by atoms with Crippen LogP contribution in [0, 0.1) is 18.8 Å². The van der Waals surface area contributed by atoms with E-state index in [9.17, 15) is 4.79 Å². The van der Waals surface area contributed by atoms with Gasteiger partial charge in [-0.3, -0.25) is 4.79 Å². The van der Waals surface area contributed by atoms with Gasteiger partial charge >= 0.3 is 0 Å². The fourth-order valence-corrected chi connectivity index (χ4v) is 3.73. The largest absolute Gasteiger partial charge is 0.469 e. The molecule has 6 nitrogen and oxygen atoms in total. The minimum Gasteiger partial charge on any atom is -0.469 e. The van der Waals surface area contributed by atoms with E-state index in [1.165, 1.54) is 18.2 Å². The number of piperidine rings is 1. The molecule has 0 aliphatic carbocycles. The average molecular weight is 335 g/mol. The summed E-state index contributed by atoms with van der Waals surface area (Å²) in [4.78, 5) is 14.3. The van der Waals surface area contributed by atoms with Crippen LogP contribution < -0.4 is 0 Å². The molecule has 0 spiro atoms. The van der Waals surface area contributed by atoms with Gasteiger partial charge in [0.1, 0.15) is 5.76 Å². The molecule has 3 heterocycles. The second-order valence-electron chi connectivity index (χ2n) is 6.30. The third-order valence-corrected chi connectivity index (χ3v) is 4.84. The van der Waals surface area contributed by atoms with E-state index >= 15 is 0 Å². The molecule has 124 valence electrons. The van der Waals surface area contributed by atoms with E-state index in [0.29, 0.717) is 28.7 Å². The van der Waals surface area contributed by atoms with E-state index in [1.54, 1.807) is 12.3 Å². The lowest BCUT2D eigenvalue weighted by Gasteiger charge is -2.34. The molecule has 2 aromatic rings. The van der Waals surface area contributed by atoms with Crippen LogP contribution in [0.25, 0.3) is 11.5 Å². The quantitative estimate of drug-likeness (QED) is 0.799. The summed E-state index contributed by atoms with van der Waals surface area (Å²) in [5.74, 6) is 2.74. The van der Waals surface area contributed by atoms with E-state index < -0.39 is 0 Å². The van der Waals surface area contributed by atoms with Gasteiger partial charge < -0.3 is 13.7 Å². The van der Waals surface area contributed by atoms with E-state index in [-0.39, 0.29) is 5.91 Å². The summed E-state index contributed by atoms with van der Waals surface area (Å²) >= 11 is 1.29. The Bertz CT molecular complexity index is 672. The first-order valence-corrected chi connectivity index (χ1v) is 8.80. The van der Waals surface area contributed by atoms with Gasteiger partial charge in [0.05, 0.1) is 17.6 Å². The van der Waals surface area contributed by atoms with Gasteiger partial charge in [0, 0.05) is 13.1 Å². The summed E-state index contributed by atoms with van der Waals surface area (Å²) in [6.07, 6.45) is 2.78. The average Bonchev–Trinajstić information content (AvgIpc) is 3.12. The summed E-state index contributed by atoms with van der Waals surface area (Å²) < 4.78 is 10.8. The highest BCUT2D eigenvalue weighted by molar-refractivity contribution is 7.99. The third-order valence-electron chi connectivity index (χ3n) is 4.04. The summed E-state index contributed by atoms with van der Waals surface area (Å²) in [6.45, 7) is 7.91. The van der Waals surface area contributed by atoms with Crippen LogP contribution >= 0.6 is 11.8 Å². The number of aryl methyl sites for hydroxylation is 1. The van der Waals surface area contributed by atoms with E-state index in [4.69, 9.17) is 8.83 Å². The van der Waals surface area contributed by atoms with Crippen molar-refractivity contribution in [2.24, 2.45) is 11.8 Å². The van der Waals surface area contributed by atoms with Crippen LogP contribution in [0.4, 0.5) is 0 Å². The van der Waals surface area contributed by atoms with Crippen LogP contribution in [0.3, 0.4) is 0 Å². The van der Waals surface area contributed by atoms with Crippen molar-refractivity contribution in [3.05, 3.63) is 18.1 Å². The second-order valence-corrected chi connectivity index (χ2v) is 7.22. The van der Waals surface area contributed by atoms with E-state index in [2.05, 4.69) is 24.0 Å². The van der Waals surface area contributed by atoms with Crippen molar-refractivity contribution in [1.29, 1.82) is 0 Å². The van der Waals surface area contributed by atoms with Gasteiger partial charge in [0.15, 0.2) is 0 Å². The fraction of sp³-hybridized carbons (Fsp3) is 0.562. The lowest BCUT2D eigenvalue weighted by Crippen LogP contribution is -2.43. The maximum Gasteiger partial charge on any atom is 0.277 e. The van der Waals surface area contributed by atoms with Crippen LogP contribution in [0.15, 0.2) is 26.4 Å². The number of furan rings is 1. The monoisotopic (exact) mass is 335 g/mol. The molecule has 2 aromatic heterocycles. The van der Waals surface area contributed by atoms with Gasteiger partial charge in [-0.05, 0) is 31.2 Å². The van der Waals surface area contributed by atoms with Crippen molar-refractivity contribution in [3.8, 4) is 11.5 Å². The number of rotatable bonds is 4. The lowest BCUT2D eigenvalue weighted by atomic mass is 9.92. The number of carbonyl (C=O) groups excluding carboxylic acids is 1. The number of carbonyl (C=O) groups is 1. The normalized spacial score (nSPS) is 21.6. The second kappa shape index (κ2) is 6.78. The highest BCUT2D eigenvalue weighted by atomic mass is 32.2. The fourth-order valence-electron chi connectivity index (χ4n) is 3.07. The highest BCUT2D eigenvalue weighted by Gasteiger charge is 2.25. The molecule has 1 aliphatic rings. The van der Waals surface area contributed by atoms with Crippen molar-refractivity contribution in [1.82, 2.24) is 15.1 Å². The van der Waals surface area contributed by atoms with Crippen LogP contribution in [0.1, 0.15) is 26.0 Å². The van der Waals surface area contributed by atoms with Crippen molar-refractivity contribution in [2.75, 3.05) is 18.8 Å². The van der Waals surface area contributed by atoms with Crippen molar-refractivity contribution < 1.29 is 13.6 Å². The number of thioether (sulfide) groups is 1. The highest BCUT2D eigenvalue weighted by Crippen LogP contribution is 2.27. The Morgan fingerprint density at radius 1 is 1.35 bits per heavy atom. The number of likely N-dealkylation sites (tertiary alicyclic amines) is 1. The summed E-state index contributed by atoms with van der Waals surface area (Å²) in [7, 11) is 0. The predicted octanol–water partition coefficient (Wildman–Crippen LogP) is 3.23. The van der Waals surface area contributed by atoms with Gasteiger partial charge in [-0.2, -0.15) is 0 Å². The summed E-state index contributed by atoms with van der Waals surface area (Å²) in [6, 6.07) is 1.79. The zero-order valence-electron chi connectivity index (χ0n) is 13.6.